The fraction of sp³-hybridized carbons (Fsp3) is 0.902. The Bertz CT molecular complexity index is 2250. The molecule has 0 aromatic carbocycles. The summed E-state index contributed by atoms with van der Waals surface area (Å²) in [7, 11) is 54.1. The van der Waals surface area contributed by atoms with Crippen molar-refractivity contribution in [3.8, 4) is 0 Å². The van der Waals surface area contributed by atoms with E-state index >= 15 is 0 Å². The van der Waals surface area contributed by atoms with Crippen LogP contribution in [0.25, 0.3) is 10.6 Å². The smallest absolute Gasteiger partial charge is 4.00 e. The van der Waals surface area contributed by atoms with Crippen LogP contribution in [0.2, 0.25) is 48.4 Å². The van der Waals surface area contributed by atoms with Crippen molar-refractivity contribution < 1.29 is 115 Å². The van der Waals surface area contributed by atoms with Crippen molar-refractivity contribution >= 4 is 106 Å². The average molecular weight is 2550 g/mol. The van der Waals surface area contributed by atoms with Crippen molar-refractivity contribution in [2.45, 2.75) is 508 Å². The summed E-state index contributed by atoms with van der Waals surface area (Å²) in [5.74, 6) is 30.1. The third kappa shape index (κ3) is 67.2. The molecule has 14 fully saturated rings. The Balaban J connectivity index is -0.000000107. The molecule has 0 aromatic heterocycles. The monoisotopic (exact) mass is 2540 g/mol. The third-order valence-electron chi connectivity index (χ3n) is 38.0. The summed E-state index contributed by atoms with van der Waals surface area (Å²) in [6, 6.07) is 0. The van der Waals surface area contributed by atoms with E-state index in [4.69, 9.17) is 89.9 Å². The van der Waals surface area contributed by atoms with E-state index < -0.39 is 109 Å². The molecule has 14 aliphatic carbocycles. The van der Waals surface area contributed by atoms with Crippen LogP contribution in [0.5, 0.6) is 0 Å². The van der Waals surface area contributed by atoms with Crippen molar-refractivity contribution in [1.82, 2.24) is 0 Å². The fourth-order valence-electron chi connectivity index (χ4n) is 32.6. The maximum Gasteiger partial charge on any atom is 4.00 e. The van der Waals surface area contributed by atoms with Gasteiger partial charge in [-0.15, -0.1) is 0 Å². The van der Waals surface area contributed by atoms with Crippen molar-refractivity contribution in [3.05, 3.63) is 99.8 Å². The summed E-state index contributed by atoms with van der Waals surface area (Å²) < 4.78 is 0. The molecule has 19 atom stereocenters. The van der Waals surface area contributed by atoms with Crippen LogP contribution in [-0.4, -0.2) is 44.3 Å². The molecule has 864 valence electrons. The Kier molecular flexibility index (Phi) is 137. The SMILES string of the molecule is CC1CCC(C)C1[C@H](C)C1CCCC1.CC1CCC(C)C1[C@H](C)C1CCCC1.CC1CCC(C)C1[Si](C)(C)C1CCCC1.CC1CCC(C)C1[Si](C)(C)C1CCCC1.CCC.CCCC(C1CCCC1)C1C(C)CCC1C.CCCC(C1CCCC1)C1C(C)CCC1C.CCCC(C1CCCC1)C1C(C)CCC1C.C[N-]C.C[N-]C.[CH3-].[CH3-].[CH3-].[CH3-].[CH3-].[CH3-].[CH3-].[CH3-].[CH3-].[CH3-].[CH3-].[CH3-].[Cl][Ti][Cl].[Cl][Ti][Cl].[Cl][Ti][Cl].[Cl][Zr+2][Cl].[Cl][Zr+2][Cl].[Ti+4]. The Labute approximate surface area is 1020 Å². The average Bonchev–Trinajstić information content (AvgIpc) is 1.65. The molecule has 2 nitrogen and oxygen atoms in total. The number of halogens is 10. The summed E-state index contributed by atoms with van der Waals surface area (Å²) in [6.07, 6.45) is 73.8. The second-order valence-corrected chi connectivity index (χ2v) is 73.0. The minimum Gasteiger partial charge on any atom is 4.00 e. The van der Waals surface area contributed by atoms with Crippen LogP contribution >= 0.6 is 89.9 Å². The predicted molar refractivity (Wildman–Crippen MR) is 662 cm³/mol. The molecule has 0 spiro atoms. The Morgan fingerprint density at radius 3 is 0.503 bits per heavy atom. The summed E-state index contributed by atoms with van der Waals surface area (Å²) in [6.45, 7) is 62.4. The molecule has 0 aromatic rings. The van der Waals surface area contributed by atoms with Gasteiger partial charge in [0, 0.05) is 0 Å². The summed E-state index contributed by atoms with van der Waals surface area (Å²) in [4.78, 5) is 0. The molecule has 0 N–H and O–H groups in total. The van der Waals surface area contributed by atoms with Gasteiger partial charge in [0.2, 0.25) is 0 Å². The predicted octanol–water partition coefficient (Wildman–Crippen LogP) is 49.9. The second kappa shape index (κ2) is 109. The van der Waals surface area contributed by atoms with Crippen LogP contribution in [0, 0.1) is 261 Å². The van der Waals surface area contributed by atoms with E-state index in [1.165, 1.54) is 250 Å². The second-order valence-electron chi connectivity index (χ2n) is 47.5. The van der Waals surface area contributed by atoms with Gasteiger partial charge in [-0.1, -0.05) is 486 Å². The van der Waals surface area contributed by atoms with Crippen molar-refractivity contribution in [1.29, 1.82) is 0 Å². The molecule has 17 unspecified atom stereocenters. The van der Waals surface area contributed by atoms with Gasteiger partial charge in [-0.05, 0) is 194 Å². The summed E-state index contributed by atoms with van der Waals surface area (Å²) in [5.41, 5.74) is 4.57. The van der Waals surface area contributed by atoms with E-state index in [1.54, 1.807) is 92.4 Å². The van der Waals surface area contributed by atoms with Gasteiger partial charge in [-0.3, -0.25) is 0 Å². The van der Waals surface area contributed by atoms with Gasteiger partial charge < -0.3 is 99.8 Å². The van der Waals surface area contributed by atoms with Crippen LogP contribution < -0.4 is 0 Å². The Morgan fingerprint density at radius 1 is 0.245 bits per heavy atom. The fourth-order valence-corrected chi connectivity index (χ4v) is 44.1. The normalized spacial score (nSPS) is 29.9. The topological polar surface area (TPSA) is 28.2 Å². The first-order chi connectivity index (χ1) is 62.0. The zero-order valence-electron chi connectivity index (χ0n) is 103. The number of nitrogens with zero attached hydrogens (tertiary/aromatic N) is 2. The van der Waals surface area contributed by atoms with Crippen LogP contribution in [0.4, 0.5) is 0 Å². The molecule has 14 rings (SSSR count). The van der Waals surface area contributed by atoms with Gasteiger partial charge in [0.25, 0.3) is 0 Å². The Morgan fingerprint density at radius 2 is 0.364 bits per heavy atom. The molecule has 14 saturated carbocycles. The quantitative estimate of drug-likeness (QED) is 0.0859. The molecule has 0 heterocycles. The first kappa shape index (κ1) is 181. The number of hydrogen-bond acceptors (Lipinski definition) is 0. The van der Waals surface area contributed by atoms with Gasteiger partial charge in [0.05, 0.1) is 16.1 Å². The molecule has 14 aliphatic rings. The molecule has 0 radical (unpaired) electrons. The van der Waals surface area contributed by atoms with E-state index in [1.807, 2.05) is 0 Å². The van der Waals surface area contributed by atoms with E-state index in [2.05, 4.69) is 182 Å². The summed E-state index contributed by atoms with van der Waals surface area (Å²) in [5, 5.41) is 7.00. The molecule has 20 heteroatoms. The molecule has 0 aliphatic heterocycles. The minimum atomic E-state index is -0.963. The molecule has 0 bridgehead atoms. The van der Waals surface area contributed by atoms with Crippen molar-refractivity contribution in [2.75, 3.05) is 28.2 Å². The summed E-state index contributed by atoms with van der Waals surface area (Å²) >= 11 is -3.32. The standard InChI is InChI=1S/3C16H30.2C14H28Si.2C14H26.C3H8.2C2H6N.12CH3.10ClH.4Ti.2Zr/c3*1-4-7-15(14-8-5-6-9-14)16-12(2)10-11-13(16)3;2*1-11-9-10-12(2)14(11)15(3,4)13-7-5-6-8-13;2*1-10-8-9-11(2)14(10)12(3)13-6-4-5-7-13;3*1-3-2;;;;;;;;;;;;;;;;;;;;;;;;;;;;/h3*12-16H,4-11H2,1-3H3;2*11-14H,5-10H2,1-4H3;2*10-14H,4-9H2,1-3H3;3H2,1-2H3;2*1-2H3;12*1H3;10*1H;;;;;;/q;;;;;;;;14*-1;;;;;;;;;;;3*+2;3*+4/p-10/t;;;;;2*10?,11?,12-,14?;;;;;;;;;;;;;;;;;;;;;;;;;;;;;;;/m.....11.............................../s1. The van der Waals surface area contributed by atoms with E-state index in [9.17, 15) is 0 Å². The van der Waals surface area contributed by atoms with Gasteiger partial charge >= 0.3 is 204 Å². The molecular formula is C123H254Cl10N2Si2Ti4Zr2-6. The Hall–Kier alpha value is 7.88. The first-order valence-electron chi connectivity index (χ1n) is 55.8. The number of rotatable bonds is 20. The third-order valence-corrected chi connectivity index (χ3v) is 49.0. The van der Waals surface area contributed by atoms with E-state index in [0.29, 0.717) is 0 Å². The zero-order chi connectivity index (χ0) is 98.7. The number of hydrogen-bond donors (Lipinski definition) is 0. The molecule has 0 saturated heterocycles. The van der Waals surface area contributed by atoms with E-state index in [-0.39, 0.29) is 111 Å². The molecular weight excluding hydrogens is 2290 g/mol. The van der Waals surface area contributed by atoms with Crippen LogP contribution in [-0.2, 0) is 115 Å². The van der Waals surface area contributed by atoms with E-state index in [0.717, 1.165) is 194 Å². The van der Waals surface area contributed by atoms with Crippen molar-refractivity contribution in [2.24, 2.45) is 172 Å². The maximum absolute atomic E-state index is 4.93. The van der Waals surface area contributed by atoms with Crippen LogP contribution in [0.15, 0.2) is 0 Å². The largest absolute Gasteiger partial charge is 4.00 e. The van der Waals surface area contributed by atoms with Crippen molar-refractivity contribution in [3.63, 3.8) is 0 Å². The van der Waals surface area contributed by atoms with Crippen LogP contribution in [0.1, 0.15) is 460 Å². The zero-order valence-corrected chi connectivity index (χ0v) is 124. The molecule has 0 amide bonds. The molecule has 143 heavy (non-hydrogen) atoms. The first-order valence-corrected chi connectivity index (χ1v) is 87.6. The maximum atomic E-state index is 4.93. The van der Waals surface area contributed by atoms with Gasteiger partial charge in [-0.25, -0.2) is 0 Å². The van der Waals surface area contributed by atoms with Gasteiger partial charge in [0.1, 0.15) is 0 Å². The van der Waals surface area contributed by atoms with Gasteiger partial charge in [-0.2, -0.15) is 28.2 Å². The minimum absolute atomic E-state index is 0. The van der Waals surface area contributed by atoms with Gasteiger partial charge in [0.15, 0.2) is 0 Å². The van der Waals surface area contributed by atoms with Crippen LogP contribution in [0.3, 0.4) is 0 Å².